The SMILES string of the molecule is O=S1(=O)c2ccc(Br)cc2OCC(c2ccccc2)N1Cc1ccccc1. The molecule has 1 unspecified atom stereocenters. The first-order valence-electron chi connectivity index (χ1n) is 8.59. The van der Waals surface area contributed by atoms with Crippen molar-refractivity contribution < 1.29 is 13.2 Å². The maximum Gasteiger partial charge on any atom is 0.247 e. The van der Waals surface area contributed by atoms with Gasteiger partial charge in [0.05, 0.1) is 6.04 Å². The molecule has 0 N–H and O–H groups in total. The molecule has 0 saturated carbocycles. The van der Waals surface area contributed by atoms with E-state index in [0.29, 0.717) is 5.75 Å². The number of fused-ring (bicyclic) bond motifs is 1. The topological polar surface area (TPSA) is 46.6 Å². The zero-order valence-corrected chi connectivity index (χ0v) is 16.9. The molecule has 3 aromatic carbocycles. The lowest BCUT2D eigenvalue weighted by Crippen LogP contribution is -2.35. The molecule has 6 heteroatoms. The third-order valence-corrected chi connectivity index (χ3v) is 6.99. The summed E-state index contributed by atoms with van der Waals surface area (Å²) in [7, 11) is -3.74. The van der Waals surface area contributed by atoms with Gasteiger partial charge in [0.1, 0.15) is 17.3 Å². The van der Waals surface area contributed by atoms with E-state index in [1.807, 2.05) is 60.7 Å². The van der Waals surface area contributed by atoms with Crippen molar-refractivity contribution in [2.75, 3.05) is 6.61 Å². The van der Waals surface area contributed by atoms with E-state index in [1.54, 1.807) is 18.2 Å². The number of benzene rings is 3. The predicted octanol–water partition coefficient (Wildman–Crippen LogP) is 4.77. The van der Waals surface area contributed by atoms with E-state index in [4.69, 9.17) is 4.74 Å². The van der Waals surface area contributed by atoms with Crippen molar-refractivity contribution in [2.45, 2.75) is 17.5 Å². The highest BCUT2D eigenvalue weighted by atomic mass is 79.9. The summed E-state index contributed by atoms with van der Waals surface area (Å²) in [5.74, 6) is 0.376. The van der Waals surface area contributed by atoms with Gasteiger partial charge >= 0.3 is 0 Å². The third kappa shape index (κ3) is 3.65. The minimum atomic E-state index is -3.74. The van der Waals surface area contributed by atoms with Crippen LogP contribution in [0.2, 0.25) is 0 Å². The number of sulfonamides is 1. The minimum absolute atomic E-state index is 0.195. The van der Waals surface area contributed by atoms with Gasteiger partial charge in [-0.3, -0.25) is 0 Å². The Morgan fingerprint density at radius 3 is 2.33 bits per heavy atom. The molecule has 0 bridgehead atoms. The Morgan fingerprint density at radius 2 is 1.63 bits per heavy atom. The molecule has 0 amide bonds. The molecular weight excluding hydrogens is 426 g/mol. The average Bonchev–Trinajstić information content (AvgIpc) is 2.78. The van der Waals surface area contributed by atoms with Crippen LogP contribution < -0.4 is 4.74 Å². The molecule has 0 fully saturated rings. The van der Waals surface area contributed by atoms with Crippen LogP contribution in [0.3, 0.4) is 0 Å². The molecule has 4 nitrogen and oxygen atoms in total. The van der Waals surface area contributed by atoms with Gasteiger partial charge in [-0.25, -0.2) is 8.42 Å². The van der Waals surface area contributed by atoms with Crippen molar-refractivity contribution in [3.8, 4) is 5.75 Å². The Hall–Kier alpha value is -2.15. The van der Waals surface area contributed by atoms with Crippen LogP contribution in [0.1, 0.15) is 17.2 Å². The summed E-state index contributed by atoms with van der Waals surface area (Å²) in [6, 6.07) is 23.9. The van der Waals surface area contributed by atoms with Gasteiger partial charge in [0.25, 0.3) is 0 Å². The Balaban J connectivity index is 1.85. The maximum absolute atomic E-state index is 13.6. The Labute approximate surface area is 167 Å². The van der Waals surface area contributed by atoms with E-state index >= 15 is 0 Å². The van der Waals surface area contributed by atoms with Crippen molar-refractivity contribution in [2.24, 2.45) is 0 Å². The number of ether oxygens (including phenoxy) is 1. The lowest BCUT2D eigenvalue weighted by molar-refractivity contribution is 0.210. The quantitative estimate of drug-likeness (QED) is 0.585. The number of hydrogen-bond acceptors (Lipinski definition) is 3. The van der Waals surface area contributed by atoms with Crippen LogP contribution in [0, 0.1) is 0 Å². The largest absolute Gasteiger partial charge is 0.490 e. The number of hydrogen-bond donors (Lipinski definition) is 0. The standard InChI is InChI=1S/C21H18BrNO3S/c22-18-11-12-21-20(13-18)26-15-19(17-9-5-2-6-10-17)23(27(21,24)25)14-16-7-3-1-4-8-16/h1-13,19H,14-15H2. The summed E-state index contributed by atoms with van der Waals surface area (Å²) in [5.41, 5.74) is 1.84. The fourth-order valence-electron chi connectivity index (χ4n) is 3.25. The molecule has 1 heterocycles. The van der Waals surface area contributed by atoms with Crippen LogP contribution in [0.25, 0.3) is 0 Å². The van der Waals surface area contributed by atoms with E-state index < -0.39 is 16.1 Å². The Morgan fingerprint density at radius 1 is 0.963 bits per heavy atom. The first kappa shape index (κ1) is 18.2. The van der Waals surface area contributed by atoms with Gasteiger partial charge in [0.2, 0.25) is 10.0 Å². The molecule has 3 aromatic rings. The molecule has 0 saturated heterocycles. The van der Waals surface area contributed by atoms with Gasteiger partial charge < -0.3 is 4.74 Å². The average molecular weight is 444 g/mol. The summed E-state index contributed by atoms with van der Waals surface area (Å²) < 4.78 is 35.4. The smallest absolute Gasteiger partial charge is 0.247 e. The summed E-state index contributed by atoms with van der Waals surface area (Å²) in [6.45, 7) is 0.529. The molecule has 1 aliphatic rings. The molecule has 0 radical (unpaired) electrons. The Bertz CT molecular complexity index is 1040. The molecule has 0 spiro atoms. The van der Waals surface area contributed by atoms with Crippen LogP contribution in [0.15, 0.2) is 88.2 Å². The summed E-state index contributed by atoms with van der Waals surface area (Å²) >= 11 is 3.39. The van der Waals surface area contributed by atoms with Crippen LogP contribution in [-0.4, -0.2) is 19.3 Å². The van der Waals surface area contributed by atoms with E-state index in [0.717, 1.165) is 15.6 Å². The van der Waals surface area contributed by atoms with Gasteiger partial charge in [0, 0.05) is 11.0 Å². The van der Waals surface area contributed by atoms with Crippen molar-refractivity contribution in [1.82, 2.24) is 4.31 Å². The van der Waals surface area contributed by atoms with Crippen molar-refractivity contribution >= 4 is 26.0 Å². The van der Waals surface area contributed by atoms with Gasteiger partial charge in [-0.15, -0.1) is 0 Å². The molecule has 138 valence electrons. The van der Waals surface area contributed by atoms with Gasteiger partial charge in [-0.2, -0.15) is 4.31 Å². The van der Waals surface area contributed by atoms with Crippen molar-refractivity contribution in [1.29, 1.82) is 0 Å². The van der Waals surface area contributed by atoms with Crippen LogP contribution in [0.4, 0.5) is 0 Å². The van der Waals surface area contributed by atoms with Crippen molar-refractivity contribution in [3.05, 3.63) is 94.5 Å². The normalized spacial score (nSPS) is 18.9. The monoisotopic (exact) mass is 443 g/mol. The zero-order chi connectivity index (χ0) is 18.9. The first-order chi connectivity index (χ1) is 13.1. The second-order valence-electron chi connectivity index (χ2n) is 6.36. The number of halogens is 1. The lowest BCUT2D eigenvalue weighted by atomic mass is 10.1. The summed E-state index contributed by atoms with van der Waals surface area (Å²) in [6.07, 6.45) is 0. The minimum Gasteiger partial charge on any atom is -0.490 e. The van der Waals surface area contributed by atoms with Gasteiger partial charge in [0.15, 0.2) is 0 Å². The Kier molecular flexibility index (Phi) is 5.04. The van der Waals surface area contributed by atoms with E-state index in [-0.39, 0.29) is 18.0 Å². The van der Waals surface area contributed by atoms with Crippen LogP contribution in [0.5, 0.6) is 5.75 Å². The second kappa shape index (κ2) is 7.46. The van der Waals surface area contributed by atoms with E-state index in [1.165, 1.54) is 4.31 Å². The van der Waals surface area contributed by atoms with Crippen molar-refractivity contribution in [3.63, 3.8) is 0 Å². The highest BCUT2D eigenvalue weighted by molar-refractivity contribution is 9.10. The lowest BCUT2D eigenvalue weighted by Gasteiger charge is -2.28. The highest BCUT2D eigenvalue weighted by Gasteiger charge is 2.38. The van der Waals surface area contributed by atoms with Gasteiger partial charge in [-0.1, -0.05) is 76.6 Å². The number of nitrogens with zero attached hydrogens (tertiary/aromatic N) is 1. The molecule has 1 aliphatic heterocycles. The summed E-state index contributed by atoms with van der Waals surface area (Å²) in [4.78, 5) is 0.195. The third-order valence-electron chi connectivity index (χ3n) is 4.60. The zero-order valence-electron chi connectivity index (χ0n) is 14.5. The molecular formula is C21H18BrNO3S. The van der Waals surface area contributed by atoms with Crippen LogP contribution in [-0.2, 0) is 16.6 Å². The predicted molar refractivity (Wildman–Crippen MR) is 108 cm³/mol. The first-order valence-corrected chi connectivity index (χ1v) is 10.8. The van der Waals surface area contributed by atoms with Crippen LogP contribution >= 0.6 is 15.9 Å². The maximum atomic E-state index is 13.6. The number of rotatable bonds is 3. The fraction of sp³-hybridized carbons (Fsp3) is 0.143. The molecule has 27 heavy (non-hydrogen) atoms. The van der Waals surface area contributed by atoms with Gasteiger partial charge in [-0.05, 0) is 29.3 Å². The molecule has 0 aromatic heterocycles. The highest BCUT2D eigenvalue weighted by Crippen LogP contribution is 2.38. The molecule has 4 rings (SSSR count). The fourth-order valence-corrected chi connectivity index (χ4v) is 5.29. The van der Waals surface area contributed by atoms with E-state index in [9.17, 15) is 8.42 Å². The molecule has 1 atom stereocenters. The second-order valence-corrected chi connectivity index (χ2v) is 9.14. The molecule has 0 aliphatic carbocycles. The van der Waals surface area contributed by atoms with E-state index in [2.05, 4.69) is 15.9 Å². The summed E-state index contributed by atoms with van der Waals surface area (Å²) in [5, 5.41) is 0.